The summed E-state index contributed by atoms with van der Waals surface area (Å²) in [7, 11) is 1.94. The number of rotatable bonds is 11. The van der Waals surface area contributed by atoms with Gasteiger partial charge in [-0.15, -0.1) is 0 Å². The molecule has 2 aliphatic rings. The number of imidazole rings is 1. The van der Waals surface area contributed by atoms with E-state index in [9.17, 15) is 4.79 Å². The van der Waals surface area contributed by atoms with Gasteiger partial charge in [-0.05, 0) is 85.7 Å². The minimum absolute atomic E-state index is 0.108. The van der Waals surface area contributed by atoms with Gasteiger partial charge in [-0.2, -0.15) is 0 Å². The molecule has 4 aromatic rings. The highest BCUT2D eigenvalue weighted by Crippen LogP contribution is 2.30. The zero-order chi connectivity index (χ0) is 29.4. The van der Waals surface area contributed by atoms with Crippen LogP contribution in [0.25, 0.3) is 11.3 Å². The van der Waals surface area contributed by atoms with Gasteiger partial charge in [0.2, 0.25) is 0 Å². The van der Waals surface area contributed by atoms with Crippen molar-refractivity contribution in [2.75, 3.05) is 23.8 Å². The second kappa shape index (κ2) is 14.0. The summed E-state index contributed by atoms with van der Waals surface area (Å²) < 4.78 is 8.29. The van der Waals surface area contributed by atoms with E-state index < -0.39 is 0 Å². The van der Waals surface area contributed by atoms with Gasteiger partial charge >= 0.3 is 0 Å². The fourth-order valence-electron chi connectivity index (χ4n) is 6.69. The lowest BCUT2D eigenvalue weighted by molar-refractivity contribution is 0.0900. The lowest BCUT2D eigenvalue weighted by Gasteiger charge is -2.31. The molecule has 2 aliphatic carbocycles. The van der Waals surface area contributed by atoms with Crippen molar-refractivity contribution in [3.8, 4) is 11.3 Å². The first-order valence-corrected chi connectivity index (χ1v) is 16.2. The standard InChI is InChI=1S/C36H45N5O2/c1-37-30-16-12-28(13-17-30)24-41-26-38-22-33(41)25-40(23-27-8-4-2-5-9-27)32-18-14-29(15-19-32)34-20-21-35(43-34)36(42)39-31-10-6-3-7-11-31/h12-22,26-27,31,37H,2-11,23-25H2,1H3,(H,39,42). The number of aromatic nitrogens is 2. The fraction of sp³-hybridized carbons (Fsp3) is 0.444. The maximum atomic E-state index is 12.8. The molecule has 2 aromatic carbocycles. The molecule has 6 rings (SSSR count). The second-order valence-electron chi connectivity index (χ2n) is 12.4. The highest BCUT2D eigenvalue weighted by atomic mass is 16.3. The van der Waals surface area contributed by atoms with Crippen LogP contribution in [-0.2, 0) is 13.1 Å². The number of carbonyl (C=O) groups is 1. The third-order valence-corrected chi connectivity index (χ3v) is 9.24. The van der Waals surface area contributed by atoms with E-state index in [0.29, 0.717) is 11.7 Å². The molecule has 2 N–H and O–H groups in total. The predicted molar refractivity (Wildman–Crippen MR) is 173 cm³/mol. The number of nitrogens with one attached hydrogen (secondary N) is 2. The summed E-state index contributed by atoms with van der Waals surface area (Å²) in [6.07, 6.45) is 16.3. The van der Waals surface area contributed by atoms with Gasteiger partial charge in [-0.3, -0.25) is 4.79 Å². The molecule has 1 amide bonds. The molecule has 0 aliphatic heterocycles. The van der Waals surface area contributed by atoms with E-state index in [1.54, 1.807) is 6.07 Å². The summed E-state index contributed by atoms with van der Waals surface area (Å²) in [4.78, 5) is 19.8. The zero-order valence-corrected chi connectivity index (χ0v) is 25.4. The molecule has 0 atom stereocenters. The van der Waals surface area contributed by atoms with Crippen LogP contribution in [0.3, 0.4) is 0 Å². The average molecular weight is 580 g/mol. The van der Waals surface area contributed by atoms with Crippen molar-refractivity contribution in [3.05, 3.63) is 90.2 Å². The fourth-order valence-corrected chi connectivity index (χ4v) is 6.69. The third-order valence-electron chi connectivity index (χ3n) is 9.24. The quantitative estimate of drug-likeness (QED) is 0.189. The van der Waals surface area contributed by atoms with Crippen molar-refractivity contribution in [2.24, 2.45) is 5.92 Å². The topological polar surface area (TPSA) is 75.3 Å². The normalized spacial score (nSPS) is 16.2. The summed E-state index contributed by atoms with van der Waals surface area (Å²) in [6, 6.07) is 21.2. The van der Waals surface area contributed by atoms with Crippen molar-refractivity contribution >= 4 is 17.3 Å². The van der Waals surface area contributed by atoms with Gasteiger partial charge in [-0.1, -0.05) is 50.7 Å². The lowest BCUT2D eigenvalue weighted by Crippen LogP contribution is -2.35. The molecular formula is C36H45N5O2. The van der Waals surface area contributed by atoms with Crippen LogP contribution in [0.5, 0.6) is 0 Å². The van der Waals surface area contributed by atoms with Crippen LogP contribution in [0, 0.1) is 5.92 Å². The van der Waals surface area contributed by atoms with Crippen LogP contribution < -0.4 is 15.5 Å². The minimum atomic E-state index is -0.108. The van der Waals surface area contributed by atoms with E-state index in [1.807, 2.05) is 25.6 Å². The molecule has 0 bridgehead atoms. The third kappa shape index (κ3) is 7.51. The monoisotopic (exact) mass is 579 g/mol. The van der Waals surface area contributed by atoms with Crippen molar-refractivity contribution < 1.29 is 9.21 Å². The minimum Gasteiger partial charge on any atom is -0.451 e. The Hall–Kier alpha value is -4.00. The van der Waals surface area contributed by atoms with Gasteiger partial charge in [0.15, 0.2) is 5.76 Å². The van der Waals surface area contributed by atoms with Crippen molar-refractivity contribution in [1.29, 1.82) is 0 Å². The SMILES string of the molecule is CNc1ccc(Cn2cncc2CN(CC2CCCCC2)c2ccc(-c3ccc(C(=O)NC4CCCCC4)o3)cc2)cc1. The van der Waals surface area contributed by atoms with Crippen LogP contribution in [-0.4, -0.2) is 35.1 Å². The van der Waals surface area contributed by atoms with Gasteiger partial charge in [0.1, 0.15) is 5.76 Å². The van der Waals surface area contributed by atoms with Crippen molar-refractivity contribution in [3.63, 3.8) is 0 Å². The molecule has 0 spiro atoms. The number of hydrogen-bond acceptors (Lipinski definition) is 5. The summed E-state index contributed by atoms with van der Waals surface area (Å²) >= 11 is 0. The van der Waals surface area contributed by atoms with Crippen molar-refractivity contribution in [1.82, 2.24) is 14.9 Å². The summed E-state index contributed by atoms with van der Waals surface area (Å²) in [5.41, 5.74) is 5.75. The number of amides is 1. The van der Waals surface area contributed by atoms with E-state index in [2.05, 4.69) is 73.6 Å². The second-order valence-corrected chi connectivity index (χ2v) is 12.4. The molecule has 7 heteroatoms. The van der Waals surface area contributed by atoms with Crippen LogP contribution in [0.4, 0.5) is 11.4 Å². The van der Waals surface area contributed by atoms with E-state index >= 15 is 0 Å². The summed E-state index contributed by atoms with van der Waals surface area (Å²) in [6.45, 7) is 2.63. The molecule has 2 aromatic heterocycles. The number of furan rings is 1. The van der Waals surface area contributed by atoms with E-state index in [1.165, 1.54) is 68.3 Å². The Labute approximate surface area is 255 Å². The zero-order valence-electron chi connectivity index (χ0n) is 25.4. The van der Waals surface area contributed by atoms with Gasteiger partial charge in [-0.25, -0.2) is 4.98 Å². The van der Waals surface area contributed by atoms with Crippen LogP contribution in [0.15, 0.2) is 77.6 Å². The molecular weight excluding hydrogens is 534 g/mol. The molecule has 0 radical (unpaired) electrons. The van der Waals surface area contributed by atoms with Crippen LogP contribution in [0.2, 0.25) is 0 Å². The maximum absolute atomic E-state index is 12.8. The molecule has 2 saturated carbocycles. The average Bonchev–Trinajstić information content (AvgIpc) is 3.73. The van der Waals surface area contributed by atoms with Crippen LogP contribution in [0.1, 0.15) is 86.0 Å². The van der Waals surface area contributed by atoms with Crippen LogP contribution >= 0.6 is 0 Å². The van der Waals surface area contributed by atoms with E-state index in [0.717, 1.165) is 49.5 Å². The highest BCUT2D eigenvalue weighted by molar-refractivity contribution is 5.92. The maximum Gasteiger partial charge on any atom is 0.287 e. The molecule has 0 unspecified atom stereocenters. The Morgan fingerprint density at radius 2 is 1.63 bits per heavy atom. The number of hydrogen-bond donors (Lipinski definition) is 2. The Balaban J connectivity index is 1.16. The van der Waals surface area contributed by atoms with Gasteiger partial charge in [0.05, 0.1) is 18.6 Å². The number of benzene rings is 2. The van der Waals surface area contributed by atoms with Gasteiger partial charge < -0.3 is 24.5 Å². The Bertz CT molecular complexity index is 1440. The number of nitrogens with zero attached hydrogens (tertiary/aromatic N) is 3. The van der Waals surface area contributed by atoms with Gasteiger partial charge in [0, 0.05) is 49.3 Å². The Kier molecular flexibility index (Phi) is 9.46. The molecule has 0 saturated heterocycles. The molecule has 43 heavy (non-hydrogen) atoms. The van der Waals surface area contributed by atoms with E-state index in [-0.39, 0.29) is 11.9 Å². The molecule has 226 valence electrons. The first-order chi connectivity index (χ1) is 21.1. The largest absolute Gasteiger partial charge is 0.451 e. The Morgan fingerprint density at radius 1 is 0.907 bits per heavy atom. The molecule has 2 fully saturated rings. The van der Waals surface area contributed by atoms with E-state index in [4.69, 9.17) is 4.42 Å². The number of carbonyl (C=O) groups excluding carboxylic acids is 1. The highest BCUT2D eigenvalue weighted by Gasteiger charge is 2.21. The van der Waals surface area contributed by atoms with Gasteiger partial charge in [0.25, 0.3) is 5.91 Å². The number of anilines is 2. The first-order valence-electron chi connectivity index (χ1n) is 16.2. The molecule has 2 heterocycles. The van der Waals surface area contributed by atoms with Crippen molar-refractivity contribution in [2.45, 2.75) is 83.3 Å². The first kappa shape index (κ1) is 29.1. The molecule has 7 nitrogen and oxygen atoms in total. The summed E-state index contributed by atoms with van der Waals surface area (Å²) in [5.74, 6) is 1.70. The Morgan fingerprint density at radius 3 is 2.35 bits per heavy atom. The predicted octanol–water partition coefficient (Wildman–Crippen LogP) is 7.88. The summed E-state index contributed by atoms with van der Waals surface area (Å²) in [5, 5.41) is 6.35. The smallest absolute Gasteiger partial charge is 0.287 e. The lowest BCUT2D eigenvalue weighted by atomic mass is 9.89.